The zero-order valence-corrected chi connectivity index (χ0v) is 32.6. The van der Waals surface area contributed by atoms with Gasteiger partial charge in [0.1, 0.15) is 46.8 Å². The summed E-state index contributed by atoms with van der Waals surface area (Å²) in [6.07, 6.45) is 3.20. The first kappa shape index (κ1) is 41.5. The van der Waals surface area contributed by atoms with Crippen LogP contribution in [0.1, 0.15) is 82.4 Å². The predicted octanol–water partition coefficient (Wildman–Crippen LogP) is 4.46. The number of carbonyl (C=O) groups excluding carboxylic acids is 5. The molecule has 4 aliphatic rings. The lowest BCUT2D eigenvalue weighted by Crippen LogP contribution is -2.58. The summed E-state index contributed by atoms with van der Waals surface area (Å²) < 4.78 is 81.5. The maximum Gasteiger partial charge on any atom is 0.410 e. The summed E-state index contributed by atoms with van der Waals surface area (Å²) in [6.45, 7) is 4.74. The van der Waals surface area contributed by atoms with Crippen LogP contribution in [-0.4, -0.2) is 84.0 Å². The fourth-order valence-electron chi connectivity index (χ4n) is 7.52. The van der Waals surface area contributed by atoms with E-state index in [4.69, 9.17) is 9.47 Å². The highest BCUT2D eigenvalue weighted by molar-refractivity contribution is 7.89. The number of nitrogens with one attached hydrogen (secondary N) is 3. The molecular weight excluding hydrogens is 772 g/mol. The smallest absolute Gasteiger partial charge is 0.410 e. The number of nitrogens with zero attached hydrogens (tertiary/aromatic N) is 2. The van der Waals surface area contributed by atoms with Crippen LogP contribution in [0.4, 0.5) is 22.8 Å². The Hall–Kier alpha value is -5.13. The van der Waals surface area contributed by atoms with Crippen molar-refractivity contribution >= 4 is 39.9 Å². The Kier molecular flexibility index (Phi) is 11.9. The molecule has 0 bridgehead atoms. The molecule has 1 saturated heterocycles. The van der Waals surface area contributed by atoms with E-state index in [9.17, 15) is 45.6 Å². The minimum atomic E-state index is -4.53. The van der Waals surface area contributed by atoms with Gasteiger partial charge in [-0.15, -0.1) is 0 Å². The average Bonchev–Trinajstić information content (AvgIpc) is 3.39. The Labute approximate surface area is 328 Å². The summed E-state index contributed by atoms with van der Waals surface area (Å²) in [5.74, 6) is -6.66. The summed E-state index contributed by atoms with van der Waals surface area (Å²) in [7, 11) is -4.53. The first-order chi connectivity index (χ1) is 26.8. The van der Waals surface area contributed by atoms with Gasteiger partial charge in [0, 0.05) is 30.5 Å². The Bertz CT molecular complexity index is 2060. The minimum Gasteiger partial charge on any atom is -0.444 e. The molecular formula is C39H46F3N5O9S. The molecule has 1 saturated carbocycles. The van der Waals surface area contributed by atoms with Crippen LogP contribution < -0.4 is 15.4 Å². The fourth-order valence-corrected chi connectivity index (χ4v) is 8.67. The SMILES string of the molecule is CC(C)(C)OC(=O)N[C@H]1CCCCC/C=C\[C@@H]2C[C@@]2(C(=O)NS(=O)(=O)Cc2cc(F)cc(F)c2)NC(=O)[C@@H]2C[C@@H](OC(=O)N3Cc4cccc(F)c4C3)CN2C1=O. The highest BCUT2D eigenvalue weighted by Crippen LogP contribution is 2.46. The summed E-state index contributed by atoms with van der Waals surface area (Å²) in [5.41, 5.74) is -1.96. The molecule has 5 amide bonds. The first-order valence-electron chi connectivity index (χ1n) is 18.8. The van der Waals surface area contributed by atoms with Crippen LogP contribution in [0.3, 0.4) is 0 Å². The Morgan fingerprint density at radius 3 is 2.46 bits per heavy atom. The van der Waals surface area contributed by atoms with Gasteiger partial charge in [0.2, 0.25) is 21.8 Å². The molecule has 1 aliphatic carbocycles. The molecule has 3 aliphatic heterocycles. The monoisotopic (exact) mass is 817 g/mol. The second-order valence-electron chi connectivity index (χ2n) is 16.0. The molecule has 57 heavy (non-hydrogen) atoms. The van der Waals surface area contributed by atoms with Crippen LogP contribution in [0.5, 0.6) is 0 Å². The van der Waals surface area contributed by atoms with Crippen LogP contribution in [-0.2, 0) is 52.7 Å². The van der Waals surface area contributed by atoms with Gasteiger partial charge < -0.3 is 25.0 Å². The molecule has 6 rings (SSSR count). The third kappa shape index (κ3) is 10.1. The second-order valence-corrected chi connectivity index (χ2v) is 17.7. The maximum absolute atomic E-state index is 14.5. The number of benzene rings is 2. The molecule has 2 aromatic rings. The van der Waals surface area contributed by atoms with Gasteiger partial charge in [-0.1, -0.05) is 37.1 Å². The number of amides is 5. The molecule has 0 aromatic heterocycles. The number of carbonyl (C=O) groups is 5. The highest BCUT2D eigenvalue weighted by atomic mass is 32.2. The third-order valence-corrected chi connectivity index (χ3v) is 11.5. The van der Waals surface area contributed by atoms with Crippen LogP contribution in [0, 0.1) is 23.4 Å². The molecule has 2 aromatic carbocycles. The lowest BCUT2D eigenvalue weighted by molar-refractivity contribution is -0.141. The van der Waals surface area contributed by atoms with E-state index in [2.05, 4.69) is 10.6 Å². The van der Waals surface area contributed by atoms with E-state index < -0.39 is 98.4 Å². The second kappa shape index (κ2) is 16.4. The highest BCUT2D eigenvalue weighted by Gasteiger charge is 2.61. The Balaban J connectivity index is 1.25. The fraction of sp³-hybridized carbons (Fsp3) is 0.513. The standard InChI is InChI=1S/C39H46F3N5O9S/c1-38(2,3)56-36(51)43-31-13-8-6-4-5-7-11-25-18-39(25,35(50)45-57(53,54)22-23-14-26(40)16-27(41)15-23)44-33(48)32-17-28(20-47(32)34(31)49)55-37(52)46-19-24-10-9-12-30(42)29(24)21-46/h7,9-12,14-16,25,28,31-32H,4-6,8,13,17-22H2,1-3H3,(H,43,51)(H,44,48)(H,45,50)/b11-7-/t25-,28-,31+,32+,39-/m1/s1. The van der Waals surface area contributed by atoms with Crippen LogP contribution in [0.15, 0.2) is 48.6 Å². The number of rotatable bonds is 6. The number of ether oxygens (including phenoxy) is 2. The van der Waals surface area contributed by atoms with Crippen LogP contribution >= 0.6 is 0 Å². The molecule has 3 N–H and O–H groups in total. The van der Waals surface area contributed by atoms with Crippen molar-refractivity contribution < 1.29 is 55.0 Å². The lowest BCUT2D eigenvalue weighted by Gasteiger charge is -2.30. The quantitative estimate of drug-likeness (QED) is 0.355. The van der Waals surface area contributed by atoms with Gasteiger partial charge in [0.15, 0.2) is 0 Å². The zero-order chi connectivity index (χ0) is 41.3. The number of alkyl carbamates (subject to hydrolysis) is 1. The van der Waals surface area contributed by atoms with E-state index in [1.54, 1.807) is 32.9 Å². The lowest BCUT2D eigenvalue weighted by atomic mass is 10.0. The summed E-state index contributed by atoms with van der Waals surface area (Å²) in [6, 6.07) is 4.23. The number of allylic oxidation sites excluding steroid dienone is 1. The normalized spacial score (nSPS) is 25.8. The molecule has 14 nitrogen and oxygen atoms in total. The average molecular weight is 818 g/mol. The Morgan fingerprint density at radius 2 is 1.75 bits per heavy atom. The first-order valence-corrected chi connectivity index (χ1v) is 20.5. The van der Waals surface area contributed by atoms with E-state index in [1.807, 2.05) is 10.8 Å². The van der Waals surface area contributed by atoms with Gasteiger partial charge in [-0.05, 0) is 75.8 Å². The molecule has 3 heterocycles. The number of hydrogen-bond acceptors (Lipinski definition) is 9. The van der Waals surface area contributed by atoms with E-state index in [0.717, 1.165) is 12.1 Å². The van der Waals surface area contributed by atoms with Crippen molar-refractivity contribution in [3.05, 3.63) is 82.7 Å². The van der Waals surface area contributed by atoms with Gasteiger partial charge in [-0.2, -0.15) is 0 Å². The van der Waals surface area contributed by atoms with Crippen LogP contribution in [0.2, 0.25) is 0 Å². The molecule has 5 atom stereocenters. The maximum atomic E-state index is 14.5. The summed E-state index contributed by atoms with van der Waals surface area (Å²) in [4.78, 5) is 71.3. The molecule has 0 spiro atoms. The van der Waals surface area contributed by atoms with Crippen molar-refractivity contribution in [2.24, 2.45) is 5.92 Å². The van der Waals surface area contributed by atoms with Gasteiger partial charge >= 0.3 is 12.2 Å². The van der Waals surface area contributed by atoms with Gasteiger partial charge in [0.25, 0.3) is 5.91 Å². The van der Waals surface area contributed by atoms with E-state index in [-0.39, 0.29) is 44.5 Å². The number of hydrogen-bond donors (Lipinski definition) is 3. The minimum absolute atomic E-state index is 0.000823. The number of halogens is 3. The third-order valence-electron chi connectivity index (χ3n) is 10.3. The van der Waals surface area contributed by atoms with Crippen molar-refractivity contribution in [1.29, 1.82) is 0 Å². The van der Waals surface area contributed by atoms with Crippen molar-refractivity contribution in [2.75, 3.05) is 6.54 Å². The molecule has 18 heteroatoms. The largest absolute Gasteiger partial charge is 0.444 e. The van der Waals surface area contributed by atoms with E-state index in [1.165, 1.54) is 21.9 Å². The molecule has 0 radical (unpaired) electrons. The molecule has 0 unspecified atom stereocenters. The number of sulfonamides is 1. The van der Waals surface area contributed by atoms with E-state index >= 15 is 0 Å². The molecule has 308 valence electrons. The van der Waals surface area contributed by atoms with Crippen molar-refractivity contribution in [1.82, 2.24) is 25.2 Å². The predicted molar refractivity (Wildman–Crippen MR) is 198 cm³/mol. The zero-order valence-electron chi connectivity index (χ0n) is 31.8. The summed E-state index contributed by atoms with van der Waals surface area (Å²) in [5, 5.41) is 5.31. The van der Waals surface area contributed by atoms with Gasteiger partial charge in [-0.3, -0.25) is 24.0 Å². The van der Waals surface area contributed by atoms with Gasteiger partial charge in [-0.25, -0.2) is 31.2 Å². The van der Waals surface area contributed by atoms with Crippen molar-refractivity contribution in [3.8, 4) is 0 Å². The van der Waals surface area contributed by atoms with E-state index in [0.29, 0.717) is 42.9 Å². The molecule has 2 fully saturated rings. The van der Waals surface area contributed by atoms with Crippen molar-refractivity contribution in [2.45, 2.75) is 114 Å². The topological polar surface area (TPSA) is 181 Å². The van der Waals surface area contributed by atoms with Gasteiger partial charge in [0.05, 0.1) is 18.8 Å². The van der Waals surface area contributed by atoms with Crippen molar-refractivity contribution in [3.63, 3.8) is 0 Å². The Morgan fingerprint density at radius 1 is 1.02 bits per heavy atom. The number of fused-ring (bicyclic) bond motifs is 3. The van der Waals surface area contributed by atoms with Crippen LogP contribution in [0.25, 0.3) is 0 Å². The summed E-state index contributed by atoms with van der Waals surface area (Å²) >= 11 is 0.